The van der Waals surface area contributed by atoms with Crippen LogP contribution in [0.3, 0.4) is 0 Å². The molecule has 3 nitrogen and oxygen atoms in total. The third kappa shape index (κ3) is 2.27. The number of H-pyrrole nitrogens is 1. The molecule has 0 amide bonds. The van der Waals surface area contributed by atoms with Gasteiger partial charge < -0.3 is 14.0 Å². The van der Waals surface area contributed by atoms with Crippen molar-refractivity contribution in [2.45, 2.75) is 13.8 Å². The van der Waals surface area contributed by atoms with Gasteiger partial charge in [-0.1, -0.05) is 18.2 Å². The zero-order valence-electron chi connectivity index (χ0n) is 9.56. The first-order valence-electron chi connectivity index (χ1n) is 5.49. The maximum Gasteiger partial charge on any atom is 0.207 e. The monoisotopic (exact) mass is 237 g/mol. The smallest absolute Gasteiger partial charge is 0.207 e. The van der Waals surface area contributed by atoms with Crippen LogP contribution in [0.2, 0.25) is 0 Å². The summed E-state index contributed by atoms with van der Waals surface area (Å²) in [6, 6.07) is 8.20. The molecule has 1 aromatic carbocycles. The van der Waals surface area contributed by atoms with Crippen LogP contribution in [-0.2, 0) is 9.05 Å². The van der Waals surface area contributed by atoms with E-state index in [0.717, 1.165) is 10.8 Å². The zero-order valence-corrected chi connectivity index (χ0v) is 10.5. The van der Waals surface area contributed by atoms with Crippen molar-refractivity contribution in [3.8, 4) is 0 Å². The Morgan fingerprint density at radius 2 is 1.81 bits per heavy atom. The summed E-state index contributed by atoms with van der Waals surface area (Å²) in [4.78, 5) is 3.24. The van der Waals surface area contributed by atoms with Gasteiger partial charge in [0.15, 0.2) is 0 Å². The molecule has 0 bridgehead atoms. The average molecular weight is 237 g/mol. The fourth-order valence-corrected chi connectivity index (χ4v) is 3.00. The summed E-state index contributed by atoms with van der Waals surface area (Å²) >= 11 is 0. The Bertz CT molecular complexity index is 449. The summed E-state index contributed by atoms with van der Waals surface area (Å²) in [6.45, 7) is 5.32. The first-order valence-corrected chi connectivity index (χ1v) is 6.66. The molecule has 86 valence electrons. The van der Waals surface area contributed by atoms with Gasteiger partial charge in [0.2, 0.25) is 8.38 Å². The van der Waals surface area contributed by atoms with Crippen molar-refractivity contribution in [3.05, 3.63) is 30.5 Å². The minimum absolute atomic E-state index is 0.672. The van der Waals surface area contributed by atoms with Gasteiger partial charge in [-0.3, -0.25) is 0 Å². The first kappa shape index (κ1) is 11.6. The predicted molar refractivity (Wildman–Crippen MR) is 68.1 cm³/mol. The third-order valence-corrected chi connectivity index (χ3v) is 4.01. The highest BCUT2D eigenvalue weighted by Gasteiger charge is 2.16. The van der Waals surface area contributed by atoms with E-state index in [1.807, 2.05) is 32.2 Å². The molecular formula is C12H16NO2P. The highest BCUT2D eigenvalue weighted by Crippen LogP contribution is 2.39. The second-order valence-electron chi connectivity index (χ2n) is 3.31. The van der Waals surface area contributed by atoms with Gasteiger partial charge in [0.05, 0.1) is 18.5 Å². The summed E-state index contributed by atoms with van der Waals surface area (Å²) in [5, 5.41) is 2.32. The number of para-hydroxylation sites is 1. The molecule has 0 aliphatic rings. The summed E-state index contributed by atoms with van der Waals surface area (Å²) < 4.78 is 11.3. The SMILES string of the molecule is CCOP(OCC)c1c[nH]c2ccccc12. The lowest BCUT2D eigenvalue weighted by atomic mass is 10.2. The van der Waals surface area contributed by atoms with E-state index in [4.69, 9.17) is 9.05 Å². The highest BCUT2D eigenvalue weighted by molar-refractivity contribution is 7.56. The van der Waals surface area contributed by atoms with Crippen molar-refractivity contribution >= 4 is 24.6 Å². The second-order valence-corrected chi connectivity index (χ2v) is 4.82. The van der Waals surface area contributed by atoms with Crippen molar-refractivity contribution in [2.24, 2.45) is 0 Å². The quantitative estimate of drug-likeness (QED) is 0.810. The molecule has 0 aliphatic heterocycles. The average Bonchev–Trinajstić information content (AvgIpc) is 2.72. The molecule has 1 aromatic heterocycles. The molecule has 0 aliphatic carbocycles. The number of nitrogens with one attached hydrogen (secondary N) is 1. The molecule has 16 heavy (non-hydrogen) atoms. The fraction of sp³-hybridized carbons (Fsp3) is 0.333. The van der Waals surface area contributed by atoms with Gasteiger partial charge in [-0.15, -0.1) is 0 Å². The lowest BCUT2D eigenvalue weighted by molar-refractivity contribution is 0.277. The van der Waals surface area contributed by atoms with Crippen LogP contribution in [0.15, 0.2) is 30.5 Å². The number of aromatic nitrogens is 1. The molecule has 0 radical (unpaired) electrons. The number of fused-ring (bicyclic) bond motifs is 1. The molecular weight excluding hydrogens is 221 g/mol. The van der Waals surface area contributed by atoms with Crippen LogP contribution in [-0.4, -0.2) is 18.2 Å². The van der Waals surface area contributed by atoms with E-state index in [2.05, 4.69) is 17.1 Å². The Hall–Kier alpha value is -0.890. The Balaban J connectivity index is 2.36. The Morgan fingerprint density at radius 3 is 2.50 bits per heavy atom. The van der Waals surface area contributed by atoms with Gasteiger partial charge >= 0.3 is 0 Å². The number of hydrogen-bond acceptors (Lipinski definition) is 2. The van der Waals surface area contributed by atoms with E-state index in [1.165, 1.54) is 5.39 Å². The Kier molecular flexibility index (Phi) is 3.94. The largest absolute Gasteiger partial charge is 0.360 e. The van der Waals surface area contributed by atoms with Gasteiger partial charge in [0, 0.05) is 17.1 Å². The Morgan fingerprint density at radius 1 is 1.12 bits per heavy atom. The van der Waals surface area contributed by atoms with Crippen molar-refractivity contribution in [2.75, 3.05) is 13.2 Å². The number of aromatic amines is 1. The summed E-state index contributed by atoms with van der Waals surface area (Å²) in [5.74, 6) is 0. The number of hydrogen-bond donors (Lipinski definition) is 1. The van der Waals surface area contributed by atoms with Gasteiger partial charge in [0.1, 0.15) is 0 Å². The van der Waals surface area contributed by atoms with Crippen molar-refractivity contribution in [1.29, 1.82) is 0 Å². The van der Waals surface area contributed by atoms with Gasteiger partial charge in [-0.2, -0.15) is 0 Å². The molecule has 0 saturated heterocycles. The van der Waals surface area contributed by atoms with Crippen LogP contribution in [0.5, 0.6) is 0 Å². The predicted octanol–water partition coefficient (Wildman–Crippen LogP) is 3.18. The fourth-order valence-electron chi connectivity index (χ4n) is 1.62. The minimum Gasteiger partial charge on any atom is -0.360 e. The highest BCUT2D eigenvalue weighted by atomic mass is 31.2. The molecule has 0 saturated carbocycles. The molecule has 0 spiro atoms. The van der Waals surface area contributed by atoms with E-state index in [0.29, 0.717) is 13.2 Å². The normalized spacial score (nSPS) is 11.4. The number of rotatable bonds is 5. The van der Waals surface area contributed by atoms with Crippen LogP contribution < -0.4 is 5.30 Å². The third-order valence-electron chi connectivity index (χ3n) is 2.26. The van der Waals surface area contributed by atoms with Gasteiger partial charge in [-0.25, -0.2) is 0 Å². The van der Waals surface area contributed by atoms with E-state index in [9.17, 15) is 0 Å². The van der Waals surface area contributed by atoms with Crippen molar-refractivity contribution in [1.82, 2.24) is 4.98 Å². The Labute approximate surface area is 96.7 Å². The van der Waals surface area contributed by atoms with Crippen molar-refractivity contribution < 1.29 is 9.05 Å². The van der Waals surface area contributed by atoms with E-state index in [1.54, 1.807) is 0 Å². The molecule has 0 unspecified atom stereocenters. The molecule has 2 rings (SSSR count). The zero-order chi connectivity index (χ0) is 11.4. The maximum absolute atomic E-state index is 5.66. The van der Waals surface area contributed by atoms with E-state index < -0.39 is 8.38 Å². The molecule has 1 heterocycles. The number of benzene rings is 1. The topological polar surface area (TPSA) is 34.2 Å². The lowest BCUT2D eigenvalue weighted by Gasteiger charge is -2.14. The van der Waals surface area contributed by atoms with Crippen LogP contribution in [0.4, 0.5) is 0 Å². The van der Waals surface area contributed by atoms with Crippen LogP contribution in [0.25, 0.3) is 10.9 Å². The molecule has 2 aromatic rings. The van der Waals surface area contributed by atoms with E-state index in [-0.39, 0.29) is 0 Å². The van der Waals surface area contributed by atoms with Gasteiger partial charge in [-0.05, 0) is 19.9 Å². The molecule has 0 fully saturated rings. The van der Waals surface area contributed by atoms with E-state index >= 15 is 0 Å². The molecule has 0 atom stereocenters. The summed E-state index contributed by atoms with van der Waals surface area (Å²) in [7, 11) is -0.950. The second kappa shape index (κ2) is 5.44. The molecule has 1 N–H and O–H groups in total. The van der Waals surface area contributed by atoms with Crippen LogP contribution in [0, 0.1) is 0 Å². The first-order chi connectivity index (χ1) is 7.86. The minimum atomic E-state index is -0.950. The maximum atomic E-state index is 5.66. The summed E-state index contributed by atoms with van der Waals surface area (Å²) in [5.41, 5.74) is 1.13. The van der Waals surface area contributed by atoms with Gasteiger partial charge in [0.25, 0.3) is 0 Å². The van der Waals surface area contributed by atoms with Crippen molar-refractivity contribution in [3.63, 3.8) is 0 Å². The lowest BCUT2D eigenvalue weighted by Crippen LogP contribution is -2.04. The molecule has 4 heteroatoms. The summed E-state index contributed by atoms with van der Waals surface area (Å²) in [6.07, 6.45) is 1.99. The van der Waals surface area contributed by atoms with Crippen LogP contribution >= 0.6 is 8.38 Å². The standard InChI is InChI=1S/C12H16NO2P/c1-3-14-16(15-4-2)12-9-13-11-8-6-5-7-10(11)12/h5-9,13H,3-4H2,1-2H3. The van der Waals surface area contributed by atoms with Crippen LogP contribution in [0.1, 0.15) is 13.8 Å².